The largest absolute Gasteiger partial charge is 2.00 e. The molecule has 0 radical (unpaired) electrons. The molecule has 0 amide bonds. The molecule has 22 rings (SSSR count). The van der Waals surface area contributed by atoms with Crippen LogP contribution in [0.15, 0.2) is 281 Å². The number of carbonyl (C=O) groups is 1. The zero-order valence-electron chi connectivity index (χ0n) is 73.6. The van der Waals surface area contributed by atoms with Gasteiger partial charge in [0, 0.05) is 170 Å². The molecule has 1 aromatic carbocycles. The number of aryl methyl sites for hydroxylation is 6. The predicted octanol–water partition coefficient (Wildman–Crippen LogP) is 15.3. The van der Waals surface area contributed by atoms with Crippen LogP contribution in [0.1, 0.15) is 106 Å². The molecule has 2 atom stereocenters. The number of carboxylic acids is 1. The second-order valence-corrected chi connectivity index (χ2v) is 29.3. The van der Waals surface area contributed by atoms with Gasteiger partial charge in [-0.2, -0.15) is 26.3 Å². The van der Waals surface area contributed by atoms with Crippen molar-refractivity contribution in [1.82, 2.24) is 162 Å². The van der Waals surface area contributed by atoms with Crippen LogP contribution in [0.5, 0.6) is 0 Å². The van der Waals surface area contributed by atoms with E-state index in [-0.39, 0.29) is 122 Å². The molecule has 34 nitrogen and oxygen atoms in total. The number of alkyl halides is 6. The topological polar surface area (TPSA) is 461 Å². The van der Waals surface area contributed by atoms with Crippen LogP contribution in [0.2, 0.25) is 0 Å². The third-order valence-corrected chi connectivity index (χ3v) is 19.4. The molecular formula is C93H77F6N32O2Pt5-. The molecule has 19 heterocycles. The number of nitrogens with zero attached hydrogens (tertiary/aromatic N) is 32. The number of halogens is 6. The van der Waals surface area contributed by atoms with Crippen molar-refractivity contribution in [3.8, 4) is 103 Å². The Hall–Kier alpha value is -13.9. The van der Waals surface area contributed by atoms with Crippen LogP contribution in [0, 0.1) is 47.0 Å². The van der Waals surface area contributed by atoms with Gasteiger partial charge in [-0.15, -0.1) is 0 Å². The smallest absolute Gasteiger partial charge is 0.574 e. The van der Waals surface area contributed by atoms with E-state index < -0.39 is 29.7 Å². The number of hydrogen-bond acceptors (Lipinski definition) is 24. The minimum absolute atomic E-state index is 0. The number of pyridine rings is 8. The zero-order valence-corrected chi connectivity index (χ0v) is 85.0. The number of aromatic nitrogens is 32. The average Bonchev–Trinajstić information content (AvgIpc) is 1.54. The summed E-state index contributed by atoms with van der Waals surface area (Å²) in [6.07, 6.45) is 16.7. The van der Waals surface area contributed by atoms with Gasteiger partial charge in [-0.05, 0) is 191 Å². The first kappa shape index (κ1) is 109. The van der Waals surface area contributed by atoms with E-state index >= 15 is 0 Å². The Labute approximate surface area is 857 Å². The molecule has 19 aromatic heterocycles. The number of rotatable bonds is 10. The molecule has 45 heteroatoms. The van der Waals surface area contributed by atoms with Crippen molar-refractivity contribution in [1.29, 1.82) is 0 Å². The molecule has 138 heavy (non-hydrogen) atoms. The maximum absolute atomic E-state index is 12.2. The van der Waals surface area contributed by atoms with Gasteiger partial charge in [0.05, 0.1) is 40.9 Å². The Morgan fingerprint density at radius 1 is 0.348 bits per heavy atom. The number of fused-ring (bicyclic) bond motifs is 6. The minimum atomic E-state index is -4.46. The maximum atomic E-state index is 12.2. The first-order chi connectivity index (χ1) is 64.3. The monoisotopic (exact) mass is 2760 g/mol. The summed E-state index contributed by atoms with van der Waals surface area (Å²) in [5.74, 6) is 2.70. The second kappa shape index (κ2) is 53.0. The van der Waals surface area contributed by atoms with Crippen molar-refractivity contribution in [2.24, 2.45) is 5.41 Å². The summed E-state index contributed by atoms with van der Waals surface area (Å²) in [6, 6.07) is 57.1. The molecule has 714 valence electrons. The van der Waals surface area contributed by atoms with E-state index in [1.54, 1.807) is 124 Å². The summed E-state index contributed by atoms with van der Waals surface area (Å²) in [7, 11) is 0. The van der Waals surface area contributed by atoms with Gasteiger partial charge in [0.1, 0.15) is 17.1 Å². The van der Waals surface area contributed by atoms with E-state index in [9.17, 15) is 31.1 Å². The molecule has 2 aliphatic rings. The first-order valence-electron chi connectivity index (χ1n) is 40.5. The van der Waals surface area contributed by atoms with Crippen LogP contribution in [-0.4, -0.2) is 127 Å². The summed E-state index contributed by atoms with van der Waals surface area (Å²) >= 11 is 0. The Morgan fingerprint density at radius 2 is 0.688 bits per heavy atom. The molecule has 20 aromatic rings. The molecule has 1 saturated carbocycles. The van der Waals surface area contributed by atoms with Gasteiger partial charge < -0.3 is 96.7 Å². The predicted molar refractivity (Wildman–Crippen MR) is 474 cm³/mol. The molecule has 1 fully saturated rings. The Bertz CT molecular complexity index is 6270. The number of benzene rings is 1. The van der Waals surface area contributed by atoms with Gasteiger partial charge in [-0.25, -0.2) is 9.78 Å². The van der Waals surface area contributed by atoms with E-state index in [1.807, 2.05) is 131 Å². The van der Waals surface area contributed by atoms with Gasteiger partial charge in [0.15, 0.2) is 0 Å². The van der Waals surface area contributed by atoms with Crippen molar-refractivity contribution >= 4 is 16.7 Å². The van der Waals surface area contributed by atoms with Crippen molar-refractivity contribution in [3.05, 3.63) is 344 Å². The standard InChI is InChI=1S/C19H18N3.2C9H5F3N3.2C9H8N3.4C8H7N4.C6H5NO2.5Pt/c1-19(2)13-7-8-14(19)17-15(13)18(22-21-17)16-12-6-4-3-5-11(12)9-10-20-16;2*10-9(11,12)8-5-7(14-15-8)6-3-1-2-4-13-6;2*1-7-6-9(12-11-7)8-4-2-3-5-10-8;2*1-6-4-7(12-11-6)8-5-9-2-3-10-8;2*1-6-10-8(12-11-6)7-4-2-3-5-9-7;8-6(9)5-3-1-2-4-7-5;;;;;/h3-6,9-10,13-14H,7-8H2,1-2H3;2*1-5H;2*2-6H,1H3;4*2-5H,1H3;1-4H,(H,8,9);;;;;/q9*-1;;;4*+2. The normalized spacial score (nSPS) is 12.3. The fourth-order valence-corrected chi connectivity index (χ4v) is 13.2. The van der Waals surface area contributed by atoms with Gasteiger partial charge in [-0.3, -0.25) is 65.0 Å². The van der Waals surface area contributed by atoms with Crippen molar-refractivity contribution in [3.63, 3.8) is 0 Å². The van der Waals surface area contributed by atoms with Crippen molar-refractivity contribution in [2.75, 3.05) is 0 Å². The zero-order chi connectivity index (χ0) is 93.7. The molecule has 2 unspecified atom stereocenters. The molecule has 2 aliphatic carbocycles. The summed E-state index contributed by atoms with van der Waals surface area (Å²) in [5, 5.41) is 79.4. The third-order valence-electron chi connectivity index (χ3n) is 19.4. The van der Waals surface area contributed by atoms with E-state index in [0.717, 1.165) is 103 Å². The van der Waals surface area contributed by atoms with Crippen LogP contribution in [-0.2, 0) is 118 Å². The summed E-state index contributed by atoms with van der Waals surface area (Å²) in [6.45, 7) is 16.0. The van der Waals surface area contributed by atoms with Gasteiger partial charge in [-0.1, -0.05) is 145 Å². The van der Waals surface area contributed by atoms with E-state index in [1.165, 1.54) is 59.5 Å². The first-order valence-corrected chi connectivity index (χ1v) is 40.5. The Kier molecular flexibility index (Phi) is 42.0. The van der Waals surface area contributed by atoms with Gasteiger partial charge in [0.25, 0.3) is 0 Å². The van der Waals surface area contributed by atoms with E-state index in [0.29, 0.717) is 51.9 Å². The third kappa shape index (κ3) is 30.8. The molecule has 0 saturated heterocycles. The minimum Gasteiger partial charge on any atom is -0.574 e. The molecule has 0 spiro atoms. The summed E-state index contributed by atoms with van der Waals surface area (Å²) < 4.78 is 73.2. The Balaban J connectivity index is 0.000000189. The van der Waals surface area contributed by atoms with Gasteiger partial charge in [0.2, 0.25) is 0 Å². The second-order valence-electron chi connectivity index (χ2n) is 29.3. The number of aromatic carboxylic acids is 1. The quantitative estimate of drug-likeness (QED) is 0.124. The van der Waals surface area contributed by atoms with Crippen LogP contribution < -0.4 is 45.9 Å². The number of hydrogen-bond donors (Lipinski definition) is 1. The maximum Gasteiger partial charge on any atom is 2.00 e. The Morgan fingerprint density at radius 3 is 1.00 bits per heavy atom. The van der Waals surface area contributed by atoms with E-state index in [2.05, 4.69) is 206 Å². The SMILES string of the molecule is CC1(C)C2CCC1c1c2n[n-]c1-c1nccc2ccccc12.Cc1cc(-c2ccccn2)[n-]n1.Cc1cc(-c2ccccn2)[n-]n1.Cc1cc(-c2cnccn2)[n-]n1.Cc1cc(-c2cnccn2)[n-]n1.Cc1n[n-]c(-c2ccccn2)n1.Cc1n[n-]c(-c2ccccn2)n1.FC(F)(F)c1cc(-c2ccccn2)[n-]n1.FC(F)(F)c1cc(-c2ccccn2)[n-]n1.O=C(O)c1ccccn1.[Pt+2].[Pt+2].[Pt+2].[Pt+2].[Pt]. The van der Waals surface area contributed by atoms with E-state index in [4.69, 9.17) is 5.11 Å². The molecule has 1 N–H and O–H groups in total. The fourth-order valence-electron chi connectivity index (χ4n) is 13.2. The average molecular weight is 2760 g/mol. The van der Waals surface area contributed by atoms with Crippen molar-refractivity contribution in [2.45, 2.75) is 92.4 Å². The van der Waals surface area contributed by atoms with Crippen LogP contribution in [0.25, 0.3) is 114 Å². The molecule has 0 aliphatic heterocycles. The van der Waals surface area contributed by atoms with Crippen LogP contribution in [0.4, 0.5) is 26.3 Å². The van der Waals surface area contributed by atoms with Crippen LogP contribution in [0.3, 0.4) is 0 Å². The summed E-state index contributed by atoms with van der Waals surface area (Å²) in [5.41, 5.74) is 15.7. The summed E-state index contributed by atoms with van der Waals surface area (Å²) in [4.78, 5) is 66.9. The van der Waals surface area contributed by atoms with Crippen LogP contribution >= 0.6 is 0 Å². The van der Waals surface area contributed by atoms with Crippen molar-refractivity contribution < 1.29 is 142 Å². The number of carboxylic acid groups (broad SMARTS) is 1. The molecular weight excluding hydrogens is 2690 g/mol. The fraction of sp³-hybridized carbons (Fsp3) is 0.161. The molecule has 2 bridgehead atoms. The van der Waals surface area contributed by atoms with Gasteiger partial charge >= 0.3 is 103 Å².